The fraction of sp³-hybridized carbons (Fsp3) is 0.724. The quantitative estimate of drug-likeness (QED) is 0.660. The third-order valence-electron chi connectivity index (χ3n) is 9.55. The van der Waals surface area contributed by atoms with Crippen LogP contribution in [0.2, 0.25) is 0 Å². The number of aromatic nitrogens is 2. The van der Waals surface area contributed by atoms with E-state index in [1.54, 1.807) is 0 Å². The number of hydrogen-bond donors (Lipinski definition) is 1. The summed E-state index contributed by atoms with van der Waals surface area (Å²) < 4.78 is 1.87. The maximum atomic E-state index is 13.2. The zero-order valence-electron chi connectivity index (χ0n) is 22.2. The second-order valence-electron chi connectivity index (χ2n) is 12.0. The fourth-order valence-corrected chi connectivity index (χ4v) is 6.70. The van der Waals surface area contributed by atoms with Crippen LogP contribution in [-0.4, -0.2) is 83.9 Å². The highest BCUT2D eigenvalue weighted by atomic mass is 16.2. The average molecular weight is 493 g/mol. The van der Waals surface area contributed by atoms with Gasteiger partial charge in [-0.3, -0.25) is 9.48 Å². The lowest BCUT2D eigenvalue weighted by Gasteiger charge is -2.36. The van der Waals surface area contributed by atoms with Gasteiger partial charge in [0.25, 0.3) is 5.91 Å². The van der Waals surface area contributed by atoms with Crippen LogP contribution in [0.15, 0.2) is 18.2 Å². The highest BCUT2D eigenvalue weighted by Crippen LogP contribution is 2.53. The van der Waals surface area contributed by atoms with E-state index in [0.717, 1.165) is 61.9 Å². The minimum atomic E-state index is -0.0242. The Labute approximate surface area is 216 Å². The number of nitrogens with zero attached hydrogens (tertiary/aromatic N) is 5. The Morgan fingerprint density at radius 2 is 1.58 bits per heavy atom. The first kappa shape index (κ1) is 24.2. The Hall–Kier alpha value is -2.12. The number of amides is 1. The number of piperidine rings is 2. The molecule has 196 valence electrons. The normalized spacial score (nSPS) is 23.8. The van der Waals surface area contributed by atoms with E-state index in [1.165, 1.54) is 76.7 Å². The highest BCUT2D eigenvalue weighted by Gasteiger charge is 2.44. The van der Waals surface area contributed by atoms with E-state index in [1.807, 2.05) is 11.7 Å². The Kier molecular flexibility index (Phi) is 6.95. The summed E-state index contributed by atoms with van der Waals surface area (Å²) in [6.07, 6.45) is 13.0. The molecule has 1 N–H and O–H groups in total. The molecule has 2 aromatic rings. The van der Waals surface area contributed by atoms with E-state index in [9.17, 15) is 4.79 Å². The van der Waals surface area contributed by atoms with Crippen molar-refractivity contribution >= 4 is 22.5 Å². The summed E-state index contributed by atoms with van der Waals surface area (Å²) in [5, 5.41) is 8.91. The first-order chi connectivity index (χ1) is 17.6. The van der Waals surface area contributed by atoms with Crippen LogP contribution >= 0.6 is 0 Å². The first-order valence-corrected chi connectivity index (χ1v) is 14.6. The van der Waals surface area contributed by atoms with Crippen LogP contribution in [0.1, 0.15) is 74.7 Å². The van der Waals surface area contributed by atoms with Crippen molar-refractivity contribution in [2.45, 2.75) is 70.3 Å². The first-order valence-electron chi connectivity index (χ1n) is 14.6. The van der Waals surface area contributed by atoms with Crippen LogP contribution in [0.3, 0.4) is 0 Å². The number of anilines is 1. The van der Waals surface area contributed by atoms with Crippen molar-refractivity contribution < 1.29 is 4.79 Å². The summed E-state index contributed by atoms with van der Waals surface area (Å²) in [4.78, 5) is 21.0. The van der Waals surface area contributed by atoms with Gasteiger partial charge in [0, 0.05) is 63.4 Å². The molecule has 1 saturated carbocycles. The summed E-state index contributed by atoms with van der Waals surface area (Å²) in [6.45, 7) is 9.34. The van der Waals surface area contributed by atoms with E-state index in [-0.39, 0.29) is 11.9 Å². The molecule has 3 saturated heterocycles. The number of fused-ring (bicyclic) bond motifs is 1. The van der Waals surface area contributed by atoms with Gasteiger partial charge in [0.2, 0.25) is 0 Å². The average Bonchev–Trinajstić information content (AvgIpc) is 3.65. The maximum absolute atomic E-state index is 13.2. The Morgan fingerprint density at radius 3 is 2.25 bits per heavy atom. The highest BCUT2D eigenvalue weighted by molar-refractivity contribution is 6.05. The molecule has 3 aliphatic heterocycles. The molecule has 1 spiro atoms. The largest absolute Gasteiger partial charge is 0.371 e. The molecule has 1 amide bonds. The zero-order valence-corrected chi connectivity index (χ0v) is 22.2. The molecule has 6 rings (SSSR count). The number of hydrogen-bond acceptors (Lipinski definition) is 5. The molecular weight excluding hydrogens is 448 g/mol. The van der Waals surface area contributed by atoms with Gasteiger partial charge in [0.05, 0.1) is 5.52 Å². The molecule has 4 fully saturated rings. The molecule has 0 unspecified atom stereocenters. The van der Waals surface area contributed by atoms with Gasteiger partial charge in [0.1, 0.15) is 0 Å². The number of rotatable bonds is 6. The van der Waals surface area contributed by atoms with Crippen molar-refractivity contribution in [2.24, 2.45) is 12.5 Å². The van der Waals surface area contributed by atoms with Gasteiger partial charge in [0.15, 0.2) is 5.69 Å². The lowest BCUT2D eigenvalue weighted by atomic mass is 9.94. The number of carbonyl (C=O) groups is 1. The van der Waals surface area contributed by atoms with E-state index < -0.39 is 0 Å². The molecule has 0 atom stereocenters. The van der Waals surface area contributed by atoms with Gasteiger partial charge in [-0.2, -0.15) is 5.10 Å². The molecule has 7 heteroatoms. The van der Waals surface area contributed by atoms with Crippen molar-refractivity contribution in [3.63, 3.8) is 0 Å². The topological polar surface area (TPSA) is 56.6 Å². The molecule has 1 aromatic heterocycles. The van der Waals surface area contributed by atoms with Crippen molar-refractivity contribution in [1.82, 2.24) is 24.9 Å². The van der Waals surface area contributed by atoms with Gasteiger partial charge < -0.3 is 20.0 Å². The van der Waals surface area contributed by atoms with Crippen LogP contribution in [-0.2, 0) is 7.05 Å². The smallest absolute Gasteiger partial charge is 0.272 e. The van der Waals surface area contributed by atoms with Crippen molar-refractivity contribution in [2.75, 3.05) is 57.3 Å². The zero-order chi connectivity index (χ0) is 24.5. The number of carbonyl (C=O) groups excluding carboxylic acids is 1. The molecule has 0 bridgehead atoms. The van der Waals surface area contributed by atoms with Gasteiger partial charge in [-0.1, -0.05) is 12.8 Å². The maximum Gasteiger partial charge on any atom is 0.272 e. The minimum absolute atomic E-state index is 0.0242. The van der Waals surface area contributed by atoms with E-state index in [0.29, 0.717) is 5.69 Å². The standard InChI is InChI=1S/C29H44N6O/c1-32-26-22-24(35-14-4-2-3-5-15-35)6-7-25(26)27(31-32)28(36)30-23-8-16-33(17-9-23)20-21-34-18-12-29(10-11-29)13-19-34/h6-7,22-23H,2-5,8-21H2,1H3,(H,30,36). The number of benzene rings is 1. The second-order valence-corrected chi connectivity index (χ2v) is 12.0. The minimum Gasteiger partial charge on any atom is -0.371 e. The van der Waals surface area contributed by atoms with Gasteiger partial charge in [-0.05, 0) is 88.1 Å². The predicted octanol–water partition coefficient (Wildman–Crippen LogP) is 4.02. The van der Waals surface area contributed by atoms with Gasteiger partial charge in [-0.15, -0.1) is 0 Å². The molecular formula is C29H44N6O. The third-order valence-corrected chi connectivity index (χ3v) is 9.55. The molecule has 36 heavy (non-hydrogen) atoms. The van der Waals surface area contributed by atoms with E-state index in [2.05, 4.69) is 43.3 Å². The Bertz CT molecular complexity index is 1050. The fourth-order valence-electron chi connectivity index (χ4n) is 6.70. The SMILES string of the molecule is Cn1nc(C(=O)NC2CCN(CCN3CCC4(CC3)CC4)CC2)c2ccc(N3CCCCCC3)cc21. The summed E-state index contributed by atoms with van der Waals surface area (Å²) in [7, 11) is 1.95. The van der Waals surface area contributed by atoms with Crippen LogP contribution in [0, 0.1) is 5.41 Å². The third kappa shape index (κ3) is 5.28. The summed E-state index contributed by atoms with van der Waals surface area (Å²) in [6, 6.07) is 6.74. The Balaban J connectivity index is 1.01. The van der Waals surface area contributed by atoms with Crippen molar-refractivity contribution in [3.05, 3.63) is 23.9 Å². The molecule has 4 aliphatic rings. The molecule has 0 radical (unpaired) electrons. The summed E-state index contributed by atoms with van der Waals surface area (Å²) in [5.41, 5.74) is 3.63. The lowest BCUT2D eigenvalue weighted by molar-refractivity contribution is 0.0897. The van der Waals surface area contributed by atoms with Crippen molar-refractivity contribution in [1.29, 1.82) is 0 Å². The van der Waals surface area contributed by atoms with Crippen LogP contribution in [0.25, 0.3) is 10.9 Å². The predicted molar refractivity (Wildman–Crippen MR) is 146 cm³/mol. The summed E-state index contributed by atoms with van der Waals surface area (Å²) >= 11 is 0. The van der Waals surface area contributed by atoms with Crippen LogP contribution in [0.5, 0.6) is 0 Å². The summed E-state index contributed by atoms with van der Waals surface area (Å²) in [5.74, 6) is -0.0242. The second kappa shape index (κ2) is 10.3. The number of aryl methyl sites for hydroxylation is 1. The molecule has 1 aliphatic carbocycles. The van der Waals surface area contributed by atoms with Crippen molar-refractivity contribution in [3.8, 4) is 0 Å². The molecule has 7 nitrogen and oxygen atoms in total. The lowest BCUT2D eigenvalue weighted by Crippen LogP contribution is -2.47. The molecule has 4 heterocycles. The molecule has 1 aromatic carbocycles. The Morgan fingerprint density at radius 1 is 0.917 bits per heavy atom. The van der Waals surface area contributed by atoms with E-state index >= 15 is 0 Å². The number of nitrogens with one attached hydrogen (secondary N) is 1. The van der Waals surface area contributed by atoms with Gasteiger partial charge >= 0.3 is 0 Å². The van der Waals surface area contributed by atoms with Crippen LogP contribution < -0.4 is 10.2 Å². The van der Waals surface area contributed by atoms with E-state index in [4.69, 9.17) is 0 Å². The monoisotopic (exact) mass is 492 g/mol. The number of likely N-dealkylation sites (tertiary alicyclic amines) is 2. The van der Waals surface area contributed by atoms with Crippen LogP contribution in [0.4, 0.5) is 5.69 Å². The van der Waals surface area contributed by atoms with Gasteiger partial charge in [-0.25, -0.2) is 0 Å².